The van der Waals surface area contributed by atoms with Crippen LogP contribution in [0.25, 0.3) is 6.08 Å². The number of hydrogen-bond acceptors (Lipinski definition) is 1. The third-order valence-electron chi connectivity index (χ3n) is 5.91. The summed E-state index contributed by atoms with van der Waals surface area (Å²) in [6.45, 7) is 7.07. The van der Waals surface area contributed by atoms with Gasteiger partial charge in [0.2, 0.25) is 5.91 Å². The molecule has 2 nitrogen and oxygen atoms in total. The minimum atomic E-state index is 0.0369. The van der Waals surface area contributed by atoms with Crippen LogP contribution in [-0.2, 0) is 4.79 Å². The Morgan fingerprint density at radius 1 is 1.24 bits per heavy atom. The first kappa shape index (κ1) is 14.4. The van der Waals surface area contributed by atoms with E-state index in [1.54, 1.807) is 6.08 Å². The van der Waals surface area contributed by atoms with Gasteiger partial charge < -0.3 is 5.32 Å². The Hall–Kier alpha value is -1.57. The van der Waals surface area contributed by atoms with Crippen molar-refractivity contribution >= 4 is 12.0 Å². The number of rotatable bonds is 3. The minimum absolute atomic E-state index is 0.0369. The van der Waals surface area contributed by atoms with Crippen molar-refractivity contribution in [2.75, 3.05) is 0 Å². The lowest BCUT2D eigenvalue weighted by Crippen LogP contribution is -2.60. The van der Waals surface area contributed by atoms with E-state index in [1.165, 1.54) is 6.42 Å². The summed E-state index contributed by atoms with van der Waals surface area (Å²) >= 11 is 0. The van der Waals surface area contributed by atoms with Gasteiger partial charge in [-0.3, -0.25) is 4.79 Å². The second kappa shape index (κ2) is 5.32. The molecule has 3 aliphatic carbocycles. The first-order valence-electron chi connectivity index (χ1n) is 8.02. The first-order valence-corrected chi connectivity index (χ1v) is 8.02. The van der Waals surface area contributed by atoms with Crippen molar-refractivity contribution in [1.29, 1.82) is 0 Å². The van der Waals surface area contributed by atoms with Gasteiger partial charge in [0.15, 0.2) is 0 Å². The standard InChI is InChI=1S/C19H25NO/c1-13-16-11-15(19(16,2)3)12-17(13)20-18(21)10-9-14-7-5-4-6-8-14/h4-10,13,15-17H,11-12H2,1-3H3,(H,20,21)/b10-9+/t13-,15+,16-,17?/m1/s1. The summed E-state index contributed by atoms with van der Waals surface area (Å²) in [5.41, 5.74) is 1.54. The quantitative estimate of drug-likeness (QED) is 0.838. The van der Waals surface area contributed by atoms with E-state index in [0.717, 1.165) is 23.8 Å². The molecule has 4 rings (SSSR count). The van der Waals surface area contributed by atoms with Gasteiger partial charge in [-0.25, -0.2) is 0 Å². The SMILES string of the molecule is C[C@H]1C(NC(=O)/C=C/c2ccccc2)C[C@@H]2C[C@H]1C2(C)C. The molecule has 3 aliphatic rings. The molecule has 1 N–H and O–H groups in total. The molecule has 0 radical (unpaired) electrons. The van der Waals surface area contributed by atoms with E-state index in [9.17, 15) is 4.79 Å². The van der Waals surface area contributed by atoms with E-state index in [1.807, 2.05) is 36.4 Å². The Kier molecular flexibility index (Phi) is 3.64. The molecule has 1 amide bonds. The number of hydrogen-bond donors (Lipinski definition) is 1. The van der Waals surface area contributed by atoms with Crippen LogP contribution in [0.4, 0.5) is 0 Å². The highest BCUT2D eigenvalue weighted by Crippen LogP contribution is 2.61. The average molecular weight is 283 g/mol. The van der Waals surface area contributed by atoms with Crippen molar-refractivity contribution in [2.45, 2.75) is 39.7 Å². The molecule has 0 saturated heterocycles. The summed E-state index contributed by atoms with van der Waals surface area (Å²) in [5.74, 6) is 2.16. The van der Waals surface area contributed by atoms with Crippen molar-refractivity contribution in [3.05, 3.63) is 42.0 Å². The van der Waals surface area contributed by atoms with Gasteiger partial charge >= 0.3 is 0 Å². The van der Waals surface area contributed by atoms with Crippen molar-refractivity contribution in [1.82, 2.24) is 5.32 Å². The fourth-order valence-corrected chi connectivity index (χ4v) is 4.31. The van der Waals surface area contributed by atoms with E-state index < -0.39 is 0 Å². The van der Waals surface area contributed by atoms with Crippen LogP contribution >= 0.6 is 0 Å². The van der Waals surface area contributed by atoms with Gasteiger partial charge in [-0.15, -0.1) is 0 Å². The van der Waals surface area contributed by atoms with Gasteiger partial charge in [0.25, 0.3) is 0 Å². The molecule has 3 fully saturated rings. The molecule has 0 heterocycles. The van der Waals surface area contributed by atoms with Crippen LogP contribution in [0.15, 0.2) is 36.4 Å². The molecule has 2 bridgehead atoms. The third-order valence-corrected chi connectivity index (χ3v) is 5.91. The lowest BCUT2D eigenvalue weighted by atomic mass is 9.45. The van der Waals surface area contributed by atoms with Crippen molar-refractivity contribution in [3.63, 3.8) is 0 Å². The number of benzene rings is 1. The monoisotopic (exact) mass is 283 g/mol. The topological polar surface area (TPSA) is 29.1 Å². The summed E-state index contributed by atoms with van der Waals surface area (Å²) in [4.78, 5) is 12.1. The van der Waals surface area contributed by atoms with Gasteiger partial charge in [-0.05, 0) is 47.6 Å². The second-order valence-electron chi connectivity index (χ2n) is 7.31. The Morgan fingerprint density at radius 3 is 2.57 bits per heavy atom. The summed E-state index contributed by atoms with van der Waals surface area (Å²) in [7, 11) is 0. The van der Waals surface area contributed by atoms with Crippen molar-refractivity contribution in [3.8, 4) is 0 Å². The summed E-state index contributed by atoms with van der Waals surface area (Å²) in [5, 5.41) is 3.21. The van der Waals surface area contributed by atoms with Crippen LogP contribution in [-0.4, -0.2) is 11.9 Å². The highest BCUT2D eigenvalue weighted by molar-refractivity contribution is 5.91. The molecule has 1 unspecified atom stereocenters. The van der Waals surface area contributed by atoms with E-state index in [4.69, 9.17) is 0 Å². The van der Waals surface area contributed by atoms with Crippen LogP contribution in [0, 0.1) is 23.2 Å². The maximum absolute atomic E-state index is 12.1. The van der Waals surface area contributed by atoms with Crippen molar-refractivity contribution < 1.29 is 4.79 Å². The lowest BCUT2D eigenvalue weighted by Gasteiger charge is -2.62. The molecule has 21 heavy (non-hydrogen) atoms. The smallest absolute Gasteiger partial charge is 0.244 e. The maximum atomic E-state index is 12.1. The van der Waals surface area contributed by atoms with Gasteiger partial charge in [0.1, 0.15) is 0 Å². The van der Waals surface area contributed by atoms with Crippen LogP contribution in [0.2, 0.25) is 0 Å². The minimum Gasteiger partial charge on any atom is -0.350 e. The van der Waals surface area contributed by atoms with Gasteiger partial charge in [-0.1, -0.05) is 51.1 Å². The number of carbonyl (C=O) groups excluding carboxylic acids is 1. The molecule has 1 aromatic rings. The zero-order valence-electron chi connectivity index (χ0n) is 13.2. The van der Waals surface area contributed by atoms with Crippen LogP contribution in [0.3, 0.4) is 0 Å². The fourth-order valence-electron chi connectivity index (χ4n) is 4.31. The van der Waals surface area contributed by atoms with Gasteiger partial charge in [0.05, 0.1) is 0 Å². The van der Waals surface area contributed by atoms with E-state index in [-0.39, 0.29) is 5.91 Å². The molecule has 3 saturated carbocycles. The summed E-state index contributed by atoms with van der Waals surface area (Å²) in [6, 6.07) is 10.3. The normalized spacial score (nSPS) is 33.5. The molecule has 112 valence electrons. The maximum Gasteiger partial charge on any atom is 0.244 e. The average Bonchev–Trinajstić information content (AvgIpc) is 2.47. The Morgan fingerprint density at radius 2 is 1.95 bits per heavy atom. The number of amides is 1. The number of fused-ring (bicyclic) bond motifs is 2. The highest BCUT2D eigenvalue weighted by atomic mass is 16.1. The number of carbonyl (C=O) groups is 1. The zero-order chi connectivity index (χ0) is 15.0. The highest BCUT2D eigenvalue weighted by Gasteiger charge is 2.56. The van der Waals surface area contributed by atoms with Gasteiger partial charge in [0, 0.05) is 12.1 Å². The second-order valence-corrected chi connectivity index (χ2v) is 7.31. The predicted octanol–water partition coefficient (Wildman–Crippen LogP) is 3.89. The fraction of sp³-hybridized carbons (Fsp3) is 0.526. The van der Waals surface area contributed by atoms with E-state index in [2.05, 4.69) is 26.1 Å². The third kappa shape index (κ3) is 2.64. The molecule has 0 spiro atoms. The summed E-state index contributed by atoms with van der Waals surface area (Å²) in [6.07, 6.45) is 6.02. The van der Waals surface area contributed by atoms with E-state index in [0.29, 0.717) is 17.4 Å². The molecule has 1 aromatic carbocycles. The lowest BCUT2D eigenvalue weighted by molar-refractivity contribution is -0.130. The van der Waals surface area contributed by atoms with Crippen LogP contribution < -0.4 is 5.32 Å². The largest absolute Gasteiger partial charge is 0.350 e. The molecular formula is C19H25NO. The Labute approximate surface area is 127 Å². The van der Waals surface area contributed by atoms with Gasteiger partial charge in [-0.2, -0.15) is 0 Å². The van der Waals surface area contributed by atoms with Crippen LogP contribution in [0.1, 0.15) is 39.2 Å². The van der Waals surface area contributed by atoms with Crippen molar-refractivity contribution in [2.24, 2.45) is 23.2 Å². The molecule has 2 heteroatoms. The zero-order valence-corrected chi connectivity index (χ0v) is 13.2. The molecular weight excluding hydrogens is 258 g/mol. The summed E-state index contributed by atoms with van der Waals surface area (Å²) < 4.78 is 0. The Bertz CT molecular complexity index is 546. The number of nitrogens with one attached hydrogen (secondary N) is 1. The molecule has 4 atom stereocenters. The first-order chi connectivity index (χ1) is 9.98. The molecule has 0 aromatic heterocycles. The van der Waals surface area contributed by atoms with E-state index >= 15 is 0 Å². The Balaban J connectivity index is 1.58. The molecule has 0 aliphatic heterocycles. The predicted molar refractivity (Wildman–Crippen MR) is 86.6 cm³/mol. The van der Waals surface area contributed by atoms with Crippen LogP contribution in [0.5, 0.6) is 0 Å².